The van der Waals surface area contributed by atoms with Crippen molar-refractivity contribution >= 4 is 28.5 Å². The van der Waals surface area contributed by atoms with Gasteiger partial charge in [0.05, 0.1) is 16.1 Å². The van der Waals surface area contributed by atoms with Crippen molar-refractivity contribution < 1.29 is 9.90 Å². The van der Waals surface area contributed by atoms with Crippen molar-refractivity contribution in [3.8, 4) is 0 Å². The van der Waals surface area contributed by atoms with E-state index in [1.54, 1.807) is 25.1 Å². The van der Waals surface area contributed by atoms with Gasteiger partial charge in [0.25, 0.3) is 0 Å². The minimum absolute atomic E-state index is 0.173. The molecule has 0 fully saturated rings. The average molecular weight is 264 g/mol. The van der Waals surface area contributed by atoms with Crippen molar-refractivity contribution in [1.82, 2.24) is 4.98 Å². The number of rotatable bonds is 2. The third-order valence-corrected chi connectivity index (χ3v) is 3.32. The number of benzene rings is 1. The lowest BCUT2D eigenvalue weighted by Gasteiger charge is -2.14. The van der Waals surface area contributed by atoms with E-state index in [1.807, 2.05) is 13.8 Å². The summed E-state index contributed by atoms with van der Waals surface area (Å²) < 4.78 is 0. The van der Waals surface area contributed by atoms with Gasteiger partial charge in [0.2, 0.25) is 0 Å². The van der Waals surface area contributed by atoms with Crippen LogP contribution in [0.15, 0.2) is 18.2 Å². The number of nitrogens with zero attached hydrogens (tertiary/aromatic N) is 1. The molecule has 0 atom stereocenters. The first-order valence-electron chi connectivity index (χ1n) is 5.75. The maximum atomic E-state index is 11.5. The molecule has 94 valence electrons. The lowest BCUT2D eigenvalue weighted by atomic mass is 9.96. The number of carboxylic acids is 1. The topological polar surface area (TPSA) is 50.2 Å². The van der Waals surface area contributed by atoms with Crippen molar-refractivity contribution in [1.29, 1.82) is 0 Å². The Morgan fingerprint density at radius 1 is 1.39 bits per heavy atom. The molecule has 0 saturated carbocycles. The van der Waals surface area contributed by atoms with Crippen LogP contribution in [0.3, 0.4) is 0 Å². The second-order valence-electron chi connectivity index (χ2n) is 4.59. The van der Waals surface area contributed by atoms with E-state index in [4.69, 9.17) is 11.6 Å². The van der Waals surface area contributed by atoms with Crippen LogP contribution < -0.4 is 0 Å². The molecule has 4 heteroatoms. The van der Waals surface area contributed by atoms with Gasteiger partial charge in [-0.25, -0.2) is 4.79 Å². The Morgan fingerprint density at radius 2 is 2.06 bits per heavy atom. The predicted octanol–water partition coefficient (Wildman–Crippen LogP) is 4.02. The highest BCUT2D eigenvalue weighted by atomic mass is 35.5. The Hall–Kier alpha value is -1.61. The third kappa shape index (κ3) is 1.95. The number of pyridine rings is 1. The second-order valence-corrected chi connectivity index (χ2v) is 5.00. The van der Waals surface area contributed by atoms with Gasteiger partial charge in [0, 0.05) is 11.1 Å². The molecule has 0 unspecified atom stereocenters. The zero-order chi connectivity index (χ0) is 13.4. The summed E-state index contributed by atoms with van der Waals surface area (Å²) in [5.74, 6) is -0.790. The summed E-state index contributed by atoms with van der Waals surface area (Å²) in [7, 11) is 0. The molecule has 2 aromatic rings. The molecule has 0 spiro atoms. The van der Waals surface area contributed by atoms with Gasteiger partial charge in [-0.1, -0.05) is 31.5 Å². The molecule has 0 amide bonds. The smallest absolute Gasteiger partial charge is 0.336 e. The fourth-order valence-corrected chi connectivity index (χ4v) is 2.48. The first-order chi connectivity index (χ1) is 8.43. The number of halogens is 1. The monoisotopic (exact) mass is 263 g/mol. The molecule has 0 radical (unpaired) electrons. The lowest BCUT2D eigenvalue weighted by Crippen LogP contribution is -2.08. The second kappa shape index (κ2) is 4.58. The Morgan fingerprint density at radius 3 is 2.61 bits per heavy atom. The molecule has 0 aliphatic carbocycles. The molecule has 1 N–H and O–H groups in total. The largest absolute Gasteiger partial charge is 0.478 e. The number of aromatic nitrogens is 1. The number of hydrogen-bond donors (Lipinski definition) is 1. The summed E-state index contributed by atoms with van der Waals surface area (Å²) in [5, 5.41) is 10.4. The van der Waals surface area contributed by atoms with E-state index in [2.05, 4.69) is 4.98 Å². The van der Waals surface area contributed by atoms with Crippen LogP contribution >= 0.6 is 11.6 Å². The van der Waals surface area contributed by atoms with Gasteiger partial charge in [-0.05, 0) is 30.5 Å². The van der Waals surface area contributed by atoms with Gasteiger partial charge in [0.15, 0.2) is 0 Å². The summed E-state index contributed by atoms with van der Waals surface area (Å²) in [6, 6.07) is 5.26. The van der Waals surface area contributed by atoms with Crippen LogP contribution in [0.4, 0.5) is 0 Å². The Balaban J connectivity index is 2.98. The molecular weight excluding hydrogens is 250 g/mol. The van der Waals surface area contributed by atoms with Crippen LogP contribution in [0, 0.1) is 6.92 Å². The van der Waals surface area contributed by atoms with Crippen molar-refractivity contribution in [2.75, 3.05) is 0 Å². The summed E-state index contributed by atoms with van der Waals surface area (Å²) in [5.41, 5.74) is 2.39. The molecule has 1 aromatic carbocycles. The van der Waals surface area contributed by atoms with E-state index in [1.165, 1.54) is 0 Å². The van der Waals surface area contributed by atoms with Crippen molar-refractivity contribution in [3.05, 3.63) is 40.0 Å². The SMILES string of the molecule is Cc1c(C(C)C)nc2cccc(Cl)c2c1C(=O)O. The van der Waals surface area contributed by atoms with Gasteiger partial charge in [-0.2, -0.15) is 0 Å². The number of aromatic carboxylic acids is 1. The first-order valence-corrected chi connectivity index (χ1v) is 6.13. The fraction of sp³-hybridized carbons (Fsp3) is 0.286. The van der Waals surface area contributed by atoms with E-state index < -0.39 is 5.97 Å². The number of hydrogen-bond acceptors (Lipinski definition) is 2. The summed E-state index contributed by atoms with van der Waals surface area (Å²) in [4.78, 5) is 16.0. The number of carboxylic acid groups (broad SMARTS) is 1. The minimum atomic E-state index is -0.963. The number of fused-ring (bicyclic) bond motifs is 1. The lowest BCUT2D eigenvalue weighted by molar-refractivity contribution is 0.0698. The molecule has 3 nitrogen and oxygen atoms in total. The molecule has 1 aromatic heterocycles. The molecule has 2 rings (SSSR count). The van der Waals surface area contributed by atoms with Crippen molar-refractivity contribution in [2.24, 2.45) is 0 Å². The zero-order valence-corrected chi connectivity index (χ0v) is 11.2. The highest BCUT2D eigenvalue weighted by Crippen LogP contribution is 2.31. The van der Waals surface area contributed by atoms with Crippen LogP contribution in [0.1, 0.15) is 41.4 Å². The van der Waals surface area contributed by atoms with Crippen molar-refractivity contribution in [2.45, 2.75) is 26.7 Å². The molecule has 0 bridgehead atoms. The first kappa shape index (κ1) is 12.8. The van der Waals surface area contributed by atoms with Crippen LogP contribution in [0.2, 0.25) is 5.02 Å². The Bertz CT molecular complexity index is 635. The van der Waals surface area contributed by atoms with Gasteiger partial charge in [-0.3, -0.25) is 4.98 Å². The quantitative estimate of drug-likeness (QED) is 0.890. The van der Waals surface area contributed by atoms with E-state index in [0.29, 0.717) is 21.5 Å². The Labute approximate surface area is 110 Å². The van der Waals surface area contributed by atoms with Gasteiger partial charge in [0.1, 0.15) is 0 Å². The molecule has 0 saturated heterocycles. The zero-order valence-electron chi connectivity index (χ0n) is 10.5. The van der Waals surface area contributed by atoms with E-state index in [9.17, 15) is 9.90 Å². The number of carbonyl (C=O) groups is 1. The summed E-state index contributed by atoms with van der Waals surface area (Å²) in [6.07, 6.45) is 0. The maximum Gasteiger partial charge on any atom is 0.336 e. The summed E-state index contributed by atoms with van der Waals surface area (Å²) in [6.45, 7) is 5.78. The third-order valence-electron chi connectivity index (χ3n) is 3.00. The van der Waals surface area contributed by atoms with Gasteiger partial charge < -0.3 is 5.11 Å². The van der Waals surface area contributed by atoms with Gasteiger partial charge >= 0.3 is 5.97 Å². The molecule has 0 aliphatic rings. The van der Waals surface area contributed by atoms with Gasteiger partial charge in [-0.15, -0.1) is 0 Å². The van der Waals surface area contributed by atoms with E-state index >= 15 is 0 Å². The average Bonchev–Trinajstić information content (AvgIpc) is 2.28. The molecule has 18 heavy (non-hydrogen) atoms. The predicted molar refractivity (Wildman–Crippen MR) is 72.5 cm³/mol. The molecule has 0 aliphatic heterocycles. The molecule has 1 heterocycles. The normalized spacial score (nSPS) is 11.2. The Kier molecular flexibility index (Phi) is 3.26. The highest BCUT2D eigenvalue weighted by Gasteiger charge is 2.20. The standard InChI is InChI=1S/C14H14ClNO2/c1-7(2)13-8(3)11(14(17)18)12-9(15)5-4-6-10(12)16-13/h4-7H,1-3H3,(H,17,18). The van der Waals surface area contributed by atoms with Crippen LogP contribution in [-0.4, -0.2) is 16.1 Å². The fourth-order valence-electron chi connectivity index (χ4n) is 2.21. The minimum Gasteiger partial charge on any atom is -0.478 e. The highest BCUT2D eigenvalue weighted by molar-refractivity contribution is 6.36. The van der Waals surface area contributed by atoms with Crippen LogP contribution in [0.25, 0.3) is 10.9 Å². The van der Waals surface area contributed by atoms with Crippen LogP contribution in [0.5, 0.6) is 0 Å². The van der Waals surface area contributed by atoms with Crippen LogP contribution in [-0.2, 0) is 0 Å². The summed E-state index contributed by atoms with van der Waals surface area (Å²) >= 11 is 6.11. The van der Waals surface area contributed by atoms with E-state index in [0.717, 1.165) is 5.69 Å². The van der Waals surface area contributed by atoms with Crippen molar-refractivity contribution in [3.63, 3.8) is 0 Å². The molecular formula is C14H14ClNO2. The maximum absolute atomic E-state index is 11.5. The van der Waals surface area contributed by atoms with E-state index in [-0.39, 0.29) is 11.5 Å².